The number of ether oxygens (including phenoxy) is 1. The van der Waals surface area contributed by atoms with Crippen LogP contribution in [0.5, 0.6) is 5.75 Å². The maximum absolute atomic E-state index is 13.7. The van der Waals surface area contributed by atoms with Crippen LogP contribution < -0.4 is 20.7 Å². The van der Waals surface area contributed by atoms with Gasteiger partial charge in [-0.05, 0) is 18.6 Å². The summed E-state index contributed by atoms with van der Waals surface area (Å²) in [5.41, 5.74) is 1.23. The van der Waals surface area contributed by atoms with Gasteiger partial charge in [-0.3, -0.25) is 4.79 Å². The molecule has 0 spiro atoms. The average Bonchev–Trinajstić information content (AvgIpc) is 3.05. The number of amides is 1. The van der Waals surface area contributed by atoms with Gasteiger partial charge in [0.1, 0.15) is 28.8 Å². The summed E-state index contributed by atoms with van der Waals surface area (Å²) in [6.07, 6.45) is 2.09. The highest BCUT2D eigenvalue weighted by atomic mass is 19.1. The van der Waals surface area contributed by atoms with E-state index in [0.717, 1.165) is 0 Å². The fourth-order valence-electron chi connectivity index (χ4n) is 2.78. The Morgan fingerprint density at radius 3 is 3.08 bits per heavy atom. The van der Waals surface area contributed by atoms with Crippen LogP contribution >= 0.6 is 0 Å². The van der Waals surface area contributed by atoms with Crippen LogP contribution in [0.15, 0.2) is 30.5 Å². The molecular weight excluding hydrogens is 339 g/mol. The molecule has 9 heteroatoms. The van der Waals surface area contributed by atoms with Crippen molar-refractivity contribution < 1.29 is 13.9 Å². The van der Waals surface area contributed by atoms with Gasteiger partial charge in [0, 0.05) is 25.7 Å². The Hall–Kier alpha value is -3.36. The van der Waals surface area contributed by atoms with E-state index in [1.54, 1.807) is 23.7 Å². The number of nitrogens with one attached hydrogen (secondary N) is 3. The summed E-state index contributed by atoms with van der Waals surface area (Å²) in [5.74, 6) is 0.935. The summed E-state index contributed by atoms with van der Waals surface area (Å²) in [5, 5.41) is 13.2. The van der Waals surface area contributed by atoms with Crippen LogP contribution in [-0.4, -0.2) is 40.7 Å². The summed E-state index contributed by atoms with van der Waals surface area (Å²) in [4.78, 5) is 16.9. The van der Waals surface area contributed by atoms with Gasteiger partial charge in [-0.25, -0.2) is 9.37 Å². The second-order valence-corrected chi connectivity index (χ2v) is 5.79. The molecule has 2 bridgehead atoms. The largest absolute Gasteiger partial charge is 0.491 e. The Kier molecular flexibility index (Phi) is 4.04. The molecule has 26 heavy (non-hydrogen) atoms. The zero-order valence-electron chi connectivity index (χ0n) is 14.0. The smallest absolute Gasteiger partial charge is 0.256 e. The number of rotatable bonds is 1. The van der Waals surface area contributed by atoms with Crippen LogP contribution in [0, 0.1) is 5.82 Å². The van der Waals surface area contributed by atoms with Gasteiger partial charge in [0.25, 0.3) is 5.91 Å². The van der Waals surface area contributed by atoms with Gasteiger partial charge in [0.2, 0.25) is 0 Å². The minimum absolute atomic E-state index is 0.255. The second kappa shape index (κ2) is 6.51. The molecule has 3 N–H and O–H groups in total. The van der Waals surface area contributed by atoms with Crippen molar-refractivity contribution in [3.8, 4) is 5.75 Å². The number of carbonyl (C=O) groups is 1. The van der Waals surface area contributed by atoms with Gasteiger partial charge >= 0.3 is 0 Å². The van der Waals surface area contributed by atoms with E-state index in [9.17, 15) is 9.18 Å². The van der Waals surface area contributed by atoms with Gasteiger partial charge < -0.3 is 20.7 Å². The second-order valence-electron chi connectivity index (χ2n) is 5.79. The van der Waals surface area contributed by atoms with Crippen LogP contribution in [0.2, 0.25) is 0 Å². The van der Waals surface area contributed by atoms with Gasteiger partial charge in [-0.1, -0.05) is 0 Å². The van der Waals surface area contributed by atoms with Gasteiger partial charge in [0.05, 0.1) is 18.5 Å². The first-order valence-electron chi connectivity index (χ1n) is 8.20. The number of hydrogen-bond donors (Lipinski definition) is 3. The molecule has 0 fully saturated rings. The average molecular weight is 356 g/mol. The molecule has 0 aliphatic carbocycles. The number of aromatic nitrogens is 3. The number of nitrogens with zero attached hydrogens (tertiary/aromatic N) is 3. The highest BCUT2D eigenvalue weighted by molar-refractivity contribution is 6.00. The topological polar surface area (TPSA) is 92.6 Å². The lowest BCUT2D eigenvalue weighted by atomic mass is 10.2. The van der Waals surface area contributed by atoms with Crippen molar-refractivity contribution in [2.75, 3.05) is 30.8 Å². The van der Waals surface area contributed by atoms with E-state index < -0.39 is 0 Å². The third-order valence-corrected chi connectivity index (χ3v) is 4.04. The van der Waals surface area contributed by atoms with Gasteiger partial charge in [-0.15, -0.1) is 0 Å². The molecular formula is C17H17FN6O2. The third kappa shape index (κ3) is 2.87. The lowest BCUT2D eigenvalue weighted by molar-refractivity contribution is 0.0953. The third-order valence-electron chi connectivity index (χ3n) is 4.04. The van der Waals surface area contributed by atoms with Crippen molar-refractivity contribution in [3.05, 3.63) is 41.8 Å². The fraction of sp³-hybridized carbons (Fsp3) is 0.235. The SMILES string of the molecule is CNc1cc2nc3c(cnn13)C(=O)NCCCOc1ccc(F)cc1N2. The van der Waals surface area contributed by atoms with Crippen molar-refractivity contribution in [2.45, 2.75) is 6.42 Å². The normalized spacial score (nSPS) is 14.3. The number of fused-ring (bicyclic) bond motifs is 2. The molecule has 0 saturated heterocycles. The number of hydrogen-bond acceptors (Lipinski definition) is 6. The summed E-state index contributed by atoms with van der Waals surface area (Å²) in [7, 11) is 1.74. The lowest BCUT2D eigenvalue weighted by Crippen LogP contribution is -2.25. The van der Waals surface area contributed by atoms with Gasteiger partial charge in [-0.2, -0.15) is 9.61 Å². The molecule has 0 unspecified atom stereocenters. The van der Waals surface area contributed by atoms with Crippen LogP contribution in [0.3, 0.4) is 0 Å². The zero-order valence-corrected chi connectivity index (χ0v) is 14.0. The van der Waals surface area contributed by atoms with E-state index in [0.29, 0.717) is 53.9 Å². The molecule has 3 heterocycles. The Balaban J connectivity index is 1.88. The predicted molar refractivity (Wildman–Crippen MR) is 94.7 cm³/mol. The van der Waals surface area contributed by atoms with Crippen molar-refractivity contribution in [3.63, 3.8) is 0 Å². The minimum atomic E-state index is -0.388. The number of halogens is 1. The predicted octanol–water partition coefficient (Wildman–Crippen LogP) is 2.17. The fourth-order valence-corrected chi connectivity index (χ4v) is 2.78. The van der Waals surface area contributed by atoms with Gasteiger partial charge in [0.15, 0.2) is 5.65 Å². The number of anilines is 3. The van der Waals surface area contributed by atoms with Crippen LogP contribution in [0.25, 0.3) is 5.65 Å². The number of carbonyl (C=O) groups excluding carboxylic acids is 1. The molecule has 0 atom stereocenters. The molecule has 0 radical (unpaired) electrons. The van der Waals surface area contributed by atoms with E-state index in [1.807, 2.05) is 0 Å². The maximum atomic E-state index is 13.7. The first kappa shape index (κ1) is 16.1. The molecule has 8 nitrogen and oxygen atoms in total. The van der Waals surface area contributed by atoms with Crippen LogP contribution in [0.4, 0.5) is 21.7 Å². The number of benzene rings is 1. The van der Waals surface area contributed by atoms with E-state index >= 15 is 0 Å². The Morgan fingerprint density at radius 1 is 1.35 bits per heavy atom. The molecule has 134 valence electrons. The Bertz CT molecular complexity index is 987. The first-order chi connectivity index (χ1) is 12.7. The standard InChI is InChI=1S/C17H17FN6O2/c1-19-15-8-14-22-12-7-10(18)3-4-13(12)26-6-2-5-20-17(25)11-9-21-24(15)16(11)23-14/h3-4,7-9,19H,2,5-6H2,1H3,(H,20,25)(H,22,23). The quantitative estimate of drug-likeness (QED) is 0.619. The summed E-state index contributed by atoms with van der Waals surface area (Å²) >= 11 is 0. The molecule has 1 aliphatic rings. The van der Waals surface area contributed by atoms with Crippen LogP contribution in [0.1, 0.15) is 16.8 Å². The zero-order chi connectivity index (χ0) is 18.1. The van der Waals surface area contributed by atoms with E-state index in [4.69, 9.17) is 4.74 Å². The molecule has 0 saturated carbocycles. The minimum Gasteiger partial charge on any atom is -0.491 e. The Morgan fingerprint density at radius 2 is 2.23 bits per heavy atom. The Labute approximate surface area is 148 Å². The van der Waals surface area contributed by atoms with E-state index in [-0.39, 0.29) is 11.7 Å². The lowest BCUT2D eigenvalue weighted by Gasteiger charge is -2.14. The highest BCUT2D eigenvalue weighted by Crippen LogP contribution is 2.30. The summed E-state index contributed by atoms with van der Waals surface area (Å²) in [6.45, 7) is 0.829. The molecule has 1 amide bonds. The molecule has 3 aromatic rings. The van der Waals surface area contributed by atoms with Crippen molar-refractivity contribution in [1.29, 1.82) is 0 Å². The van der Waals surface area contributed by atoms with E-state index in [1.165, 1.54) is 18.3 Å². The van der Waals surface area contributed by atoms with Crippen molar-refractivity contribution in [1.82, 2.24) is 19.9 Å². The van der Waals surface area contributed by atoms with E-state index in [2.05, 4.69) is 26.0 Å². The molecule has 4 rings (SSSR count). The highest BCUT2D eigenvalue weighted by Gasteiger charge is 2.18. The molecule has 1 aliphatic heterocycles. The van der Waals surface area contributed by atoms with Crippen molar-refractivity contribution in [2.24, 2.45) is 0 Å². The molecule has 1 aromatic carbocycles. The first-order valence-corrected chi connectivity index (χ1v) is 8.20. The molecule has 2 aromatic heterocycles. The summed E-state index contributed by atoms with van der Waals surface area (Å²) < 4.78 is 21.0. The maximum Gasteiger partial charge on any atom is 0.256 e. The monoisotopic (exact) mass is 356 g/mol. The van der Waals surface area contributed by atoms with Crippen molar-refractivity contribution >= 4 is 28.9 Å². The summed E-state index contributed by atoms with van der Waals surface area (Å²) in [6, 6.07) is 5.97. The van der Waals surface area contributed by atoms with Crippen LogP contribution in [-0.2, 0) is 0 Å².